The smallest absolute Gasteiger partial charge is 0.383 e. The molecule has 2 aromatic carbocycles. The van der Waals surface area contributed by atoms with Gasteiger partial charge in [-0.05, 0) is 61.4 Å². The molecule has 3 heterocycles. The van der Waals surface area contributed by atoms with Crippen molar-refractivity contribution in [3.05, 3.63) is 76.7 Å². The number of piperazine rings is 1. The number of ketones is 1. The Morgan fingerprint density at radius 1 is 1.07 bits per heavy atom. The van der Waals surface area contributed by atoms with Crippen molar-refractivity contribution in [3.8, 4) is 5.69 Å². The maximum absolute atomic E-state index is 13.0. The minimum atomic E-state index is -4.27. The van der Waals surface area contributed by atoms with Crippen LogP contribution < -0.4 is 5.73 Å². The van der Waals surface area contributed by atoms with Crippen molar-refractivity contribution < 1.29 is 22.8 Å². The van der Waals surface area contributed by atoms with Crippen LogP contribution in [0.1, 0.15) is 37.7 Å². The van der Waals surface area contributed by atoms with Gasteiger partial charge in [-0.25, -0.2) is 9.67 Å². The molecule has 208 valence electrons. The summed E-state index contributed by atoms with van der Waals surface area (Å²) in [5, 5.41) is 4.29. The Balaban J connectivity index is 1.29. The van der Waals surface area contributed by atoms with Gasteiger partial charge in [0, 0.05) is 31.7 Å². The van der Waals surface area contributed by atoms with Gasteiger partial charge >= 0.3 is 6.18 Å². The Kier molecular flexibility index (Phi) is 7.19. The lowest BCUT2D eigenvalue weighted by Gasteiger charge is -2.35. The molecule has 1 aliphatic rings. The lowest BCUT2D eigenvalue weighted by Crippen LogP contribution is -2.50. The van der Waals surface area contributed by atoms with Gasteiger partial charge in [0.1, 0.15) is 11.6 Å². The Morgan fingerprint density at radius 3 is 2.55 bits per heavy atom. The first-order chi connectivity index (χ1) is 19.0. The van der Waals surface area contributed by atoms with Crippen molar-refractivity contribution in [1.29, 1.82) is 0 Å². The number of hydrogen-bond acceptors (Lipinski definition) is 6. The predicted octanol–water partition coefficient (Wildman–Crippen LogP) is 4.16. The number of amides is 1. The number of anilines is 1. The highest BCUT2D eigenvalue weighted by Gasteiger charge is 2.33. The number of aromatic nitrogens is 4. The van der Waals surface area contributed by atoms with Crippen molar-refractivity contribution in [1.82, 2.24) is 29.5 Å². The van der Waals surface area contributed by atoms with Crippen LogP contribution in [-0.4, -0.2) is 80.1 Å². The van der Waals surface area contributed by atoms with Crippen LogP contribution in [0.2, 0.25) is 0 Å². The fourth-order valence-corrected chi connectivity index (χ4v) is 4.76. The number of alkyl halides is 3. The highest BCUT2D eigenvalue weighted by atomic mass is 19.4. The van der Waals surface area contributed by atoms with Gasteiger partial charge in [-0.2, -0.15) is 18.3 Å². The zero-order chi connectivity index (χ0) is 28.6. The van der Waals surface area contributed by atoms with Crippen LogP contribution >= 0.6 is 0 Å². The van der Waals surface area contributed by atoms with Gasteiger partial charge in [0.15, 0.2) is 5.78 Å². The van der Waals surface area contributed by atoms with E-state index >= 15 is 0 Å². The molecule has 3 N–H and O–H groups in total. The lowest BCUT2D eigenvalue weighted by atomic mass is 10.0. The summed E-state index contributed by atoms with van der Waals surface area (Å²) >= 11 is 0. The van der Waals surface area contributed by atoms with Gasteiger partial charge in [0.2, 0.25) is 0 Å². The molecule has 0 aliphatic carbocycles. The number of nitrogens with two attached hydrogens (primary N) is 1. The molecule has 1 aliphatic heterocycles. The van der Waals surface area contributed by atoms with Gasteiger partial charge in [-0.1, -0.05) is 12.1 Å². The molecule has 0 atom stereocenters. The first kappa shape index (κ1) is 27.1. The zero-order valence-corrected chi connectivity index (χ0v) is 22.0. The number of fused-ring (bicyclic) bond motifs is 1. The fraction of sp³-hybridized carbons (Fsp3) is 0.286. The summed E-state index contributed by atoms with van der Waals surface area (Å²) in [6, 6.07) is 10.6. The van der Waals surface area contributed by atoms with Crippen LogP contribution in [0.15, 0.2) is 48.7 Å². The van der Waals surface area contributed by atoms with Gasteiger partial charge in [0.25, 0.3) is 5.91 Å². The summed E-state index contributed by atoms with van der Waals surface area (Å²) in [7, 11) is 0. The van der Waals surface area contributed by atoms with Crippen LogP contribution in [0.5, 0.6) is 0 Å². The molecule has 2 aromatic heterocycles. The molecule has 40 heavy (non-hydrogen) atoms. The van der Waals surface area contributed by atoms with E-state index in [9.17, 15) is 22.8 Å². The third kappa shape index (κ3) is 5.76. The molecule has 0 saturated carbocycles. The van der Waals surface area contributed by atoms with Gasteiger partial charge < -0.3 is 15.6 Å². The number of halogens is 3. The number of H-pyrrole nitrogens is 1. The van der Waals surface area contributed by atoms with E-state index in [1.54, 1.807) is 29.2 Å². The van der Waals surface area contributed by atoms with Gasteiger partial charge in [0.05, 0.1) is 35.0 Å². The average Bonchev–Trinajstić information content (AvgIpc) is 3.48. The second-order valence-corrected chi connectivity index (χ2v) is 9.83. The number of nitrogen functional groups attached to an aromatic ring is 1. The quantitative estimate of drug-likeness (QED) is 0.275. The van der Waals surface area contributed by atoms with E-state index in [1.165, 1.54) is 21.9 Å². The summed E-state index contributed by atoms with van der Waals surface area (Å²) in [6.45, 7) is 3.47. The van der Waals surface area contributed by atoms with Gasteiger partial charge in [-0.3, -0.25) is 14.5 Å². The second-order valence-electron chi connectivity index (χ2n) is 9.83. The van der Waals surface area contributed by atoms with Crippen LogP contribution in [0.4, 0.5) is 19.0 Å². The van der Waals surface area contributed by atoms with E-state index in [2.05, 4.69) is 15.1 Å². The summed E-state index contributed by atoms with van der Waals surface area (Å²) in [6.07, 6.45) is 0.145. The third-order valence-electron chi connectivity index (χ3n) is 6.90. The van der Waals surface area contributed by atoms with Crippen LogP contribution in [0, 0.1) is 13.8 Å². The maximum atomic E-state index is 13.0. The summed E-state index contributed by atoms with van der Waals surface area (Å²) in [5.41, 5.74) is 10.7. The normalized spacial score (nSPS) is 14.9. The molecule has 5 rings (SSSR count). The molecule has 9 nitrogen and oxygen atoms in total. The molecular weight excluding hydrogens is 523 g/mol. The van der Waals surface area contributed by atoms with Gasteiger partial charge in [-0.15, -0.1) is 0 Å². The van der Waals surface area contributed by atoms with Crippen LogP contribution in [-0.2, 0) is 0 Å². The Labute approximate surface area is 228 Å². The van der Waals surface area contributed by atoms with Crippen molar-refractivity contribution in [2.24, 2.45) is 0 Å². The van der Waals surface area contributed by atoms with E-state index in [1.807, 2.05) is 32.0 Å². The van der Waals surface area contributed by atoms with Crippen molar-refractivity contribution in [3.63, 3.8) is 0 Å². The number of nitrogens with one attached hydrogen (secondary N) is 1. The number of aryl methyl sites for hydroxylation is 2. The van der Waals surface area contributed by atoms with Crippen LogP contribution in [0.3, 0.4) is 0 Å². The molecule has 0 spiro atoms. The van der Waals surface area contributed by atoms with Crippen molar-refractivity contribution in [2.45, 2.75) is 20.0 Å². The Bertz CT molecular complexity index is 1610. The van der Waals surface area contributed by atoms with Crippen molar-refractivity contribution >= 4 is 34.6 Å². The van der Waals surface area contributed by atoms with Crippen molar-refractivity contribution in [2.75, 3.05) is 38.5 Å². The Morgan fingerprint density at radius 2 is 1.82 bits per heavy atom. The van der Waals surface area contributed by atoms with E-state index in [-0.39, 0.29) is 49.3 Å². The second kappa shape index (κ2) is 10.6. The first-order valence-electron chi connectivity index (χ1n) is 12.7. The summed E-state index contributed by atoms with van der Waals surface area (Å²) in [5.74, 6) is 0.364. The third-order valence-corrected chi connectivity index (χ3v) is 6.90. The maximum Gasteiger partial charge on any atom is 0.401 e. The van der Waals surface area contributed by atoms with E-state index < -0.39 is 12.7 Å². The molecule has 0 radical (unpaired) electrons. The summed E-state index contributed by atoms with van der Waals surface area (Å²) in [4.78, 5) is 36.4. The monoisotopic (exact) mass is 551 g/mol. The minimum Gasteiger partial charge on any atom is -0.383 e. The number of hydrogen-bond donors (Lipinski definition) is 2. The number of rotatable bonds is 6. The molecule has 4 aromatic rings. The molecule has 12 heteroatoms. The first-order valence-corrected chi connectivity index (χ1v) is 12.7. The number of imidazole rings is 1. The zero-order valence-electron chi connectivity index (χ0n) is 22.0. The minimum absolute atomic E-state index is 0.156. The van der Waals surface area contributed by atoms with E-state index in [0.717, 1.165) is 22.4 Å². The van der Waals surface area contributed by atoms with Crippen LogP contribution in [0.25, 0.3) is 22.8 Å². The standard InChI is InChI=1S/C28H28F3N7O2/c1-17-3-4-20(27(40)37-11-9-36(10-12-37)16-28(29,30)31)13-19(17)5-8-25(39)22-15-33-38(26(22)32)21-6-7-23-24(14-21)35-18(2)34-23/h3-8,13-15H,9-12,16,32H2,1-2H3,(H,34,35)/b8-5+. The molecule has 0 bridgehead atoms. The highest BCUT2D eigenvalue weighted by Crippen LogP contribution is 2.23. The number of carbonyl (C=O) groups is 2. The van der Waals surface area contributed by atoms with E-state index in [0.29, 0.717) is 16.8 Å². The Hall–Kier alpha value is -4.45. The molecule has 1 fully saturated rings. The number of carbonyl (C=O) groups excluding carboxylic acids is 2. The largest absolute Gasteiger partial charge is 0.401 e. The average molecular weight is 552 g/mol. The van der Waals surface area contributed by atoms with E-state index in [4.69, 9.17) is 5.73 Å². The molecular formula is C28H28F3N7O2. The SMILES string of the molecule is Cc1nc2ccc(-n3ncc(C(=O)/C=C/c4cc(C(=O)N5CCN(CC(F)(F)F)CC5)ccc4C)c3N)cc2[nH]1. The number of allylic oxidation sites excluding steroid dienone is 1. The summed E-state index contributed by atoms with van der Waals surface area (Å²) < 4.78 is 39.5. The number of benzene rings is 2. The topological polar surface area (TPSA) is 113 Å². The fourth-order valence-electron chi connectivity index (χ4n) is 4.76. The number of aromatic amines is 1. The molecule has 1 saturated heterocycles. The number of nitrogens with zero attached hydrogens (tertiary/aromatic N) is 5. The predicted molar refractivity (Wildman–Crippen MR) is 145 cm³/mol. The molecule has 1 amide bonds. The molecule has 0 unspecified atom stereocenters. The highest BCUT2D eigenvalue weighted by molar-refractivity contribution is 6.09. The lowest BCUT2D eigenvalue weighted by molar-refractivity contribution is -0.148.